The van der Waals surface area contributed by atoms with Crippen LogP contribution >= 0.6 is 0 Å². The summed E-state index contributed by atoms with van der Waals surface area (Å²) in [4.78, 5) is 5.04. The van der Waals surface area contributed by atoms with E-state index in [-0.39, 0.29) is 0 Å². The molecule has 4 heteroatoms. The van der Waals surface area contributed by atoms with Gasteiger partial charge in [0.15, 0.2) is 0 Å². The minimum Gasteiger partial charge on any atom is -0.497 e. The number of aromatic nitrogens is 2. The topological polar surface area (TPSA) is 35.8 Å². The van der Waals surface area contributed by atoms with Crippen LogP contribution in [0.5, 0.6) is 11.5 Å². The van der Waals surface area contributed by atoms with Gasteiger partial charge in [0, 0.05) is 17.1 Å². The maximum absolute atomic E-state index is 5.43. The molecule has 4 aromatic carbocycles. The molecule has 0 fully saturated rings. The Bertz CT molecular complexity index is 1610. The van der Waals surface area contributed by atoms with E-state index in [0.29, 0.717) is 0 Å². The monoisotopic (exact) mass is 430 g/mol. The highest BCUT2D eigenvalue weighted by Gasteiger charge is 2.21. The average Bonchev–Trinajstić information content (AvgIpc) is 3.28. The molecule has 160 valence electrons. The summed E-state index contributed by atoms with van der Waals surface area (Å²) in [6, 6.07) is 31.2. The molecule has 0 spiro atoms. The Balaban J connectivity index is 1.83. The normalized spacial score (nSPS) is 11.3. The third kappa shape index (κ3) is 3.03. The summed E-state index contributed by atoms with van der Waals surface area (Å²) in [7, 11) is 3.38. The predicted octanol–water partition coefficient (Wildman–Crippen LogP) is 6.99. The van der Waals surface area contributed by atoms with Crippen molar-refractivity contribution < 1.29 is 9.47 Å². The molecule has 0 saturated heterocycles. The van der Waals surface area contributed by atoms with E-state index in [1.54, 1.807) is 14.2 Å². The highest BCUT2D eigenvalue weighted by Crippen LogP contribution is 2.45. The Labute approximate surface area is 191 Å². The third-order valence-corrected chi connectivity index (χ3v) is 6.23. The van der Waals surface area contributed by atoms with Crippen LogP contribution in [0.1, 0.15) is 0 Å². The van der Waals surface area contributed by atoms with Gasteiger partial charge >= 0.3 is 0 Å². The highest BCUT2D eigenvalue weighted by molar-refractivity contribution is 6.20. The van der Waals surface area contributed by atoms with Crippen LogP contribution in [0, 0.1) is 0 Å². The van der Waals surface area contributed by atoms with E-state index in [1.807, 2.05) is 36.4 Å². The Hall–Kier alpha value is -4.31. The molecule has 33 heavy (non-hydrogen) atoms. The van der Waals surface area contributed by atoms with Crippen molar-refractivity contribution in [1.82, 2.24) is 9.38 Å². The predicted molar refractivity (Wildman–Crippen MR) is 134 cm³/mol. The smallest absolute Gasteiger partial charge is 0.137 e. The van der Waals surface area contributed by atoms with Gasteiger partial charge in [-0.05, 0) is 58.5 Å². The number of hydrogen-bond acceptors (Lipinski definition) is 3. The zero-order chi connectivity index (χ0) is 22.4. The minimum absolute atomic E-state index is 0.833. The van der Waals surface area contributed by atoms with Crippen LogP contribution < -0.4 is 9.47 Å². The molecule has 0 aliphatic heterocycles. The summed E-state index contributed by atoms with van der Waals surface area (Å²) in [5.74, 6) is 1.67. The lowest BCUT2D eigenvalue weighted by atomic mass is 9.88. The molecule has 0 unspecified atom stereocenters. The molecular formula is C29H22N2O2. The lowest BCUT2D eigenvalue weighted by Gasteiger charge is -2.17. The highest BCUT2D eigenvalue weighted by atomic mass is 16.5. The molecule has 0 bridgehead atoms. The van der Waals surface area contributed by atoms with Crippen molar-refractivity contribution in [2.24, 2.45) is 0 Å². The van der Waals surface area contributed by atoms with Gasteiger partial charge in [0.25, 0.3) is 0 Å². The number of fused-ring (bicyclic) bond motifs is 5. The molecule has 6 rings (SSSR count). The second-order valence-corrected chi connectivity index (χ2v) is 7.99. The van der Waals surface area contributed by atoms with Crippen LogP contribution in [-0.2, 0) is 0 Å². The molecule has 0 aliphatic carbocycles. The summed E-state index contributed by atoms with van der Waals surface area (Å²) < 4.78 is 13.0. The Kier molecular flexibility index (Phi) is 4.51. The molecule has 4 nitrogen and oxygen atoms in total. The van der Waals surface area contributed by atoms with Gasteiger partial charge in [0.05, 0.1) is 25.3 Å². The zero-order valence-electron chi connectivity index (χ0n) is 18.4. The van der Waals surface area contributed by atoms with Crippen LogP contribution in [0.25, 0.3) is 49.7 Å². The third-order valence-electron chi connectivity index (χ3n) is 6.23. The van der Waals surface area contributed by atoms with E-state index in [9.17, 15) is 0 Å². The number of hydrogen-bond donors (Lipinski definition) is 0. The lowest BCUT2D eigenvalue weighted by Crippen LogP contribution is -1.94. The fraction of sp³-hybridized carbons (Fsp3) is 0.0690. The summed E-state index contributed by atoms with van der Waals surface area (Å²) >= 11 is 0. The molecule has 0 aliphatic rings. The van der Waals surface area contributed by atoms with Gasteiger partial charge < -0.3 is 9.47 Å². The van der Waals surface area contributed by atoms with Crippen LogP contribution in [0.3, 0.4) is 0 Å². The molecule has 0 N–H and O–H groups in total. The summed E-state index contributed by atoms with van der Waals surface area (Å²) in [6.45, 7) is 0. The molecule has 0 amide bonds. The van der Waals surface area contributed by atoms with Crippen molar-refractivity contribution in [3.63, 3.8) is 0 Å². The average molecular weight is 431 g/mol. The molecule has 0 saturated carbocycles. The Morgan fingerprint density at radius 3 is 1.82 bits per heavy atom. The molecule has 2 heterocycles. The van der Waals surface area contributed by atoms with E-state index in [2.05, 4.69) is 65.2 Å². The van der Waals surface area contributed by atoms with Gasteiger partial charge in [0.1, 0.15) is 17.1 Å². The number of methoxy groups -OCH3 is 2. The van der Waals surface area contributed by atoms with Crippen LogP contribution in [0.4, 0.5) is 0 Å². The van der Waals surface area contributed by atoms with E-state index < -0.39 is 0 Å². The lowest BCUT2D eigenvalue weighted by molar-refractivity contribution is 0.414. The maximum Gasteiger partial charge on any atom is 0.137 e. The fourth-order valence-electron chi connectivity index (χ4n) is 4.68. The number of ether oxygens (including phenoxy) is 2. The molecule has 2 aromatic heterocycles. The molecule has 0 radical (unpaired) electrons. The van der Waals surface area contributed by atoms with E-state index in [1.165, 1.54) is 10.9 Å². The first-order valence-electron chi connectivity index (χ1n) is 10.9. The first kappa shape index (κ1) is 19.4. The van der Waals surface area contributed by atoms with E-state index in [4.69, 9.17) is 14.5 Å². The Morgan fingerprint density at radius 1 is 0.606 bits per heavy atom. The second-order valence-electron chi connectivity index (χ2n) is 7.99. The minimum atomic E-state index is 0.833. The number of pyridine rings is 1. The summed E-state index contributed by atoms with van der Waals surface area (Å²) in [5.41, 5.74) is 7.60. The van der Waals surface area contributed by atoms with Gasteiger partial charge in [-0.1, -0.05) is 54.6 Å². The van der Waals surface area contributed by atoms with Crippen molar-refractivity contribution >= 4 is 27.5 Å². The quantitative estimate of drug-likeness (QED) is 0.302. The van der Waals surface area contributed by atoms with Crippen LogP contribution in [0.2, 0.25) is 0 Å². The van der Waals surface area contributed by atoms with Gasteiger partial charge in [-0.25, -0.2) is 4.98 Å². The van der Waals surface area contributed by atoms with Gasteiger partial charge in [-0.2, -0.15) is 0 Å². The molecular weight excluding hydrogens is 408 g/mol. The van der Waals surface area contributed by atoms with Crippen molar-refractivity contribution in [3.05, 3.63) is 97.2 Å². The number of nitrogens with zero attached hydrogens (tertiary/aromatic N) is 2. The zero-order valence-corrected chi connectivity index (χ0v) is 18.4. The summed E-state index contributed by atoms with van der Waals surface area (Å²) in [5, 5.41) is 2.31. The van der Waals surface area contributed by atoms with Crippen LogP contribution in [-0.4, -0.2) is 23.6 Å². The van der Waals surface area contributed by atoms with Gasteiger partial charge in [-0.15, -0.1) is 0 Å². The molecule has 6 aromatic rings. The second kappa shape index (κ2) is 7.68. The number of benzene rings is 4. The van der Waals surface area contributed by atoms with Crippen LogP contribution in [0.15, 0.2) is 97.2 Å². The first-order valence-corrected chi connectivity index (χ1v) is 10.9. The van der Waals surface area contributed by atoms with Gasteiger partial charge in [0.2, 0.25) is 0 Å². The van der Waals surface area contributed by atoms with Crippen molar-refractivity contribution in [3.8, 4) is 33.8 Å². The standard InChI is InChI=1S/C29H22N2O2/c1-32-21-14-10-19(11-15-21)26-23-7-3-4-8-24(23)28-29(31-18-6-5-9-25(31)30-28)27(26)20-12-16-22(33-2)17-13-20/h3-18H,1-2H3. The van der Waals surface area contributed by atoms with Crippen molar-refractivity contribution in [1.29, 1.82) is 0 Å². The largest absolute Gasteiger partial charge is 0.497 e. The first-order chi connectivity index (χ1) is 16.3. The number of rotatable bonds is 4. The summed E-state index contributed by atoms with van der Waals surface area (Å²) in [6.07, 6.45) is 2.09. The molecule has 0 atom stereocenters. The van der Waals surface area contributed by atoms with Crippen molar-refractivity contribution in [2.45, 2.75) is 0 Å². The number of imidazole rings is 1. The van der Waals surface area contributed by atoms with Gasteiger partial charge in [-0.3, -0.25) is 4.40 Å². The van der Waals surface area contributed by atoms with Crippen molar-refractivity contribution in [2.75, 3.05) is 14.2 Å². The van der Waals surface area contributed by atoms with E-state index in [0.717, 1.165) is 50.3 Å². The fourth-order valence-corrected chi connectivity index (χ4v) is 4.68. The van der Waals surface area contributed by atoms with E-state index >= 15 is 0 Å². The Morgan fingerprint density at radius 2 is 1.18 bits per heavy atom. The maximum atomic E-state index is 5.43. The SMILES string of the molecule is COc1ccc(-c2c(-c3ccc(OC)cc3)c3c(nc4ccccn43)c3ccccc23)cc1.